The van der Waals surface area contributed by atoms with Crippen LogP contribution in [0, 0.1) is 0 Å². The van der Waals surface area contributed by atoms with E-state index in [1.165, 1.54) is 148 Å². The Hall–Kier alpha value is -14.7. The molecule has 110 heavy (non-hydrogen) atoms. The molecule has 0 N–H and O–H groups in total. The van der Waals surface area contributed by atoms with Gasteiger partial charge in [-0.3, -0.25) is 0 Å². The molecule has 6 heteroatoms. The molecule has 6 heterocycles. The SMILES string of the molecule is c1ccc(-c2ccc(-n3c4ccccc4c4cc(-c5ccc6c(c5)c5cc7c(cc5n6-c5ccc6ccccc6c5)oc5ccccc57)ccc43)cc2)cc1.c1ccc(-c2ccc(-n3c4ccccc4c4cc(-c5ccc6c(c5)c5cc7oc8ccccc8c7cc5n6-c5ccc6ccccc6c5)ccc43)cc2)cc1. The Morgan fingerprint density at radius 3 is 0.891 bits per heavy atom. The number of furan rings is 2. The van der Waals surface area contributed by atoms with Gasteiger partial charge in [0.2, 0.25) is 0 Å². The molecule has 0 radical (unpaired) electrons. The fourth-order valence-corrected chi connectivity index (χ4v) is 17.8. The summed E-state index contributed by atoms with van der Waals surface area (Å²) in [6, 6.07) is 141. The third-order valence-electron chi connectivity index (χ3n) is 23.0. The number of fused-ring (bicyclic) bond motifs is 20. The first-order valence-corrected chi connectivity index (χ1v) is 37.7. The molecule has 0 aliphatic carbocycles. The van der Waals surface area contributed by atoms with E-state index >= 15 is 0 Å². The maximum absolute atomic E-state index is 6.44. The summed E-state index contributed by atoms with van der Waals surface area (Å²) in [5.41, 5.74) is 27.2. The van der Waals surface area contributed by atoms with E-state index in [-0.39, 0.29) is 0 Å². The van der Waals surface area contributed by atoms with E-state index in [1.54, 1.807) is 0 Å². The van der Waals surface area contributed by atoms with E-state index in [0.29, 0.717) is 0 Å². The van der Waals surface area contributed by atoms with Crippen molar-refractivity contribution in [3.63, 3.8) is 0 Å². The lowest BCUT2D eigenvalue weighted by atomic mass is 10.00. The summed E-state index contributed by atoms with van der Waals surface area (Å²) in [4.78, 5) is 0. The van der Waals surface area contributed by atoms with Gasteiger partial charge in [0, 0.05) is 93.5 Å². The van der Waals surface area contributed by atoms with Crippen LogP contribution in [0.5, 0.6) is 0 Å². The molecule has 24 aromatic rings. The van der Waals surface area contributed by atoms with E-state index in [1.807, 2.05) is 12.1 Å². The number of benzene rings is 18. The van der Waals surface area contributed by atoms with Crippen molar-refractivity contribution in [3.8, 4) is 67.3 Å². The maximum atomic E-state index is 6.44. The summed E-state index contributed by atoms with van der Waals surface area (Å²) in [6.45, 7) is 0. The van der Waals surface area contributed by atoms with E-state index in [9.17, 15) is 0 Å². The zero-order valence-corrected chi connectivity index (χ0v) is 59.6. The third kappa shape index (κ3) is 9.76. The van der Waals surface area contributed by atoms with Crippen LogP contribution in [0.25, 0.3) is 220 Å². The van der Waals surface area contributed by atoms with Crippen molar-refractivity contribution in [1.82, 2.24) is 18.3 Å². The molecule has 0 fully saturated rings. The van der Waals surface area contributed by atoms with Gasteiger partial charge in [-0.05, 0) is 206 Å². The summed E-state index contributed by atoms with van der Waals surface area (Å²) in [5.74, 6) is 0. The molecule has 0 unspecified atom stereocenters. The highest BCUT2D eigenvalue weighted by Crippen LogP contribution is 2.45. The summed E-state index contributed by atoms with van der Waals surface area (Å²) >= 11 is 0. The minimum Gasteiger partial charge on any atom is -0.456 e. The van der Waals surface area contributed by atoms with Gasteiger partial charge in [0.15, 0.2) is 0 Å². The Balaban J connectivity index is 0.000000132. The second-order valence-corrected chi connectivity index (χ2v) is 29.1. The number of aromatic nitrogens is 4. The molecule has 18 aromatic carbocycles. The maximum Gasteiger partial charge on any atom is 0.137 e. The Labute approximate surface area is 631 Å². The van der Waals surface area contributed by atoms with Crippen LogP contribution in [0.3, 0.4) is 0 Å². The van der Waals surface area contributed by atoms with Crippen LogP contribution in [0.2, 0.25) is 0 Å². The minimum atomic E-state index is 0.898. The second kappa shape index (κ2) is 24.4. The molecule has 0 spiro atoms. The van der Waals surface area contributed by atoms with Gasteiger partial charge in [0.05, 0.1) is 44.1 Å². The van der Waals surface area contributed by atoms with Crippen LogP contribution in [-0.4, -0.2) is 18.3 Å². The molecule has 0 aliphatic rings. The zero-order valence-electron chi connectivity index (χ0n) is 59.6. The average Bonchev–Trinajstić information content (AvgIpc) is 1.57. The number of hydrogen-bond acceptors (Lipinski definition) is 2. The van der Waals surface area contributed by atoms with Gasteiger partial charge in [-0.2, -0.15) is 0 Å². The van der Waals surface area contributed by atoms with Crippen LogP contribution >= 0.6 is 0 Å². The van der Waals surface area contributed by atoms with Crippen LogP contribution < -0.4 is 0 Å². The highest BCUT2D eigenvalue weighted by molar-refractivity contribution is 6.21. The predicted molar refractivity (Wildman–Crippen MR) is 462 cm³/mol. The average molecular weight is 1400 g/mol. The zero-order chi connectivity index (χ0) is 72.1. The fraction of sp³-hybridized carbons (Fsp3) is 0. The van der Waals surface area contributed by atoms with Gasteiger partial charge < -0.3 is 27.1 Å². The number of rotatable bonds is 8. The lowest BCUT2D eigenvalue weighted by Gasteiger charge is -2.11. The van der Waals surface area contributed by atoms with E-state index in [2.05, 4.69) is 394 Å². The molecule has 0 saturated carbocycles. The fourth-order valence-electron chi connectivity index (χ4n) is 17.8. The highest BCUT2D eigenvalue weighted by Gasteiger charge is 2.23. The van der Waals surface area contributed by atoms with E-state index < -0.39 is 0 Å². The number of hydrogen-bond donors (Lipinski definition) is 0. The first kappa shape index (κ1) is 61.6. The van der Waals surface area contributed by atoms with Crippen molar-refractivity contribution in [1.29, 1.82) is 0 Å². The molecule has 6 nitrogen and oxygen atoms in total. The first-order chi connectivity index (χ1) is 54.5. The van der Waals surface area contributed by atoms with Crippen molar-refractivity contribution in [2.45, 2.75) is 0 Å². The minimum absolute atomic E-state index is 0.898. The monoisotopic (exact) mass is 1400 g/mol. The largest absolute Gasteiger partial charge is 0.456 e. The highest BCUT2D eigenvalue weighted by atomic mass is 16.3. The van der Waals surface area contributed by atoms with E-state index in [0.717, 1.165) is 72.1 Å². The molecule has 24 rings (SSSR count). The van der Waals surface area contributed by atoms with Crippen molar-refractivity contribution >= 4 is 153 Å². The van der Waals surface area contributed by atoms with Crippen LogP contribution in [0.1, 0.15) is 0 Å². The van der Waals surface area contributed by atoms with Gasteiger partial charge in [-0.25, -0.2) is 0 Å². The Bertz CT molecular complexity index is 7870. The molecule has 0 saturated heterocycles. The standard InChI is InChI=1S/2C52H32N2O/c1-2-10-33(11-3-1)35-18-23-39(24-19-35)53-47-16-8-6-14-41(47)43-29-37(21-26-48(43)53)38-22-27-49-44(30-38)45-32-52-46(42-15-7-9-17-51(42)55-52)31-50(45)54(49)40-25-20-34-12-4-5-13-36(34)28-40;1-2-10-33(11-3-1)35-18-23-39(24-19-35)53-47-16-8-6-14-41(47)43-29-37(21-26-48(43)53)38-22-27-49-44(30-38)45-31-46-42-15-7-9-17-51(42)55-52(46)32-50(45)54(49)40-25-20-34-12-4-5-13-36(34)28-40/h2*1-32H. The normalized spacial score (nSPS) is 12.0. The third-order valence-corrected chi connectivity index (χ3v) is 23.0. The quantitative estimate of drug-likeness (QED) is 0.152. The Morgan fingerprint density at radius 1 is 0.136 bits per heavy atom. The Morgan fingerprint density at radius 2 is 0.436 bits per heavy atom. The molecule has 0 aliphatic heterocycles. The smallest absolute Gasteiger partial charge is 0.137 e. The topological polar surface area (TPSA) is 46.0 Å². The lowest BCUT2D eigenvalue weighted by molar-refractivity contribution is 0.669. The molecular formula is C104H64N4O2. The van der Waals surface area contributed by atoms with Crippen molar-refractivity contribution in [2.24, 2.45) is 0 Å². The van der Waals surface area contributed by atoms with Gasteiger partial charge in [0.1, 0.15) is 22.3 Å². The van der Waals surface area contributed by atoms with Crippen LogP contribution in [-0.2, 0) is 0 Å². The van der Waals surface area contributed by atoms with Crippen molar-refractivity contribution < 1.29 is 8.83 Å². The molecule has 0 amide bonds. The summed E-state index contributed by atoms with van der Waals surface area (Å²) in [6.07, 6.45) is 0. The summed E-state index contributed by atoms with van der Waals surface area (Å²) in [5, 5.41) is 19.2. The van der Waals surface area contributed by atoms with Gasteiger partial charge >= 0.3 is 0 Å². The molecular weight excluding hydrogens is 1340 g/mol. The first-order valence-electron chi connectivity index (χ1n) is 37.7. The second-order valence-electron chi connectivity index (χ2n) is 29.1. The Kier molecular flexibility index (Phi) is 13.7. The van der Waals surface area contributed by atoms with E-state index in [4.69, 9.17) is 8.83 Å². The van der Waals surface area contributed by atoms with Crippen molar-refractivity contribution in [3.05, 3.63) is 388 Å². The number of para-hydroxylation sites is 4. The van der Waals surface area contributed by atoms with Gasteiger partial charge in [-0.15, -0.1) is 0 Å². The van der Waals surface area contributed by atoms with Crippen LogP contribution in [0.4, 0.5) is 0 Å². The molecule has 512 valence electrons. The number of nitrogens with zero attached hydrogens (tertiary/aromatic N) is 4. The summed E-state index contributed by atoms with van der Waals surface area (Å²) < 4.78 is 22.5. The lowest BCUT2D eigenvalue weighted by Crippen LogP contribution is -1.94. The predicted octanol–water partition coefficient (Wildman–Crippen LogP) is 28.5. The molecule has 6 aromatic heterocycles. The summed E-state index contributed by atoms with van der Waals surface area (Å²) in [7, 11) is 0. The van der Waals surface area contributed by atoms with Crippen molar-refractivity contribution in [2.75, 3.05) is 0 Å². The van der Waals surface area contributed by atoms with Gasteiger partial charge in [-0.1, -0.05) is 243 Å². The van der Waals surface area contributed by atoms with Crippen LogP contribution in [0.15, 0.2) is 397 Å². The molecule has 0 bridgehead atoms. The molecule has 0 atom stereocenters. The van der Waals surface area contributed by atoms with Gasteiger partial charge in [0.25, 0.3) is 0 Å².